The smallest absolute Gasteiger partial charge is 0.192 e. The Bertz CT molecular complexity index is 2460. The van der Waals surface area contributed by atoms with Gasteiger partial charge in [0, 0.05) is 77.1 Å². The molecule has 1 N–H and O–H groups in total. The van der Waals surface area contributed by atoms with Gasteiger partial charge >= 0.3 is 0 Å². The molecule has 414 valence electrons. The van der Waals surface area contributed by atoms with E-state index in [4.69, 9.17) is 56.2 Å². The number of rotatable bonds is 23. The molecule has 2 heterocycles. The van der Waals surface area contributed by atoms with Gasteiger partial charge in [0.1, 0.15) is 41.1 Å². The molecule has 0 bridgehead atoms. The molecule has 0 aliphatic carbocycles. The molecule has 0 fully saturated rings. The lowest BCUT2D eigenvalue weighted by atomic mass is 9.64. The molecule has 0 radical (unpaired) electrons. The predicted octanol–water partition coefficient (Wildman–Crippen LogP) is 12.9. The molecular weight excluding hydrogens is 985 g/mol. The summed E-state index contributed by atoms with van der Waals surface area (Å²) in [6.45, 7) is 29.8. The van der Waals surface area contributed by atoms with Crippen molar-refractivity contribution in [2.75, 3.05) is 82.0 Å². The van der Waals surface area contributed by atoms with E-state index >= 15 is 0 Å². The average Bonchev–Trinajstić information content (AvgIpc) is 3.37. The summed E-state index contributed by atoms with van der Waals surface area (Å²) in [6, 6.07) is 27.5. The highest BCUT2D eigenvalue weighted by atomic mass is 28.4. The molecule has 15 heteroatoms. The Hall–Kier alpha value is -4.61. The third kappa shape index (κ3) is 15.3. The monoisotopic (exact) mass is 1070 g/mol. The molecule has 0 saturated heterocycles. The first-order chi connectivity index (χ1) is 35.4. The molecule has 0 saturated carbocycles. The van der Waals surface area contributed by atoms with Gasteiger partial charge in [0.15, 0.2) is 49.4 Å². The van der Waals surface area contributed by atoms with Crippen LogP contribution in [-0.2, 0) is 44.2 Å². The van der Waals surface area contributed by atoms with Crippen LogP contribution in [-0.4, -0.2) is 104 Å². The van der Waals surface area contributed by atoms with Crippen molar-refractivity contribution in [2.45, 2.75) is 140 Å². The number of methoxy groups -OCH3 is 4. The maximum atomic E-state index is 12.4. The van der Waals surface area contributed by atoms with E-state index in [1.807, 2.05) is 61.5 Å². The second-order valence-electron chi connectivity index (χ2n) is 23.0. The largest absolute Gasteiger partial charge is 0.492 e. The van der Waals surface area contributed by atoms with Gasteiger partial charge in [-0.3, -0.25) is 0 Å². The summed E-state index contributed by atoms with van der Waals surface area (Å²) >= 11 is 0. The van der Waals surface area contributed by atoms with Crippen LogP contribution in [0.2, 0.25) is 36.3 Å². The summed E-state index contributed by atoms with van der Waals surface area (Å²) in [5, 5.41) is 12.7. The van der Waals surface area contributed by atoms with Crippen LogP contribution in [0.4, 0.5) is 0 Å². The molecule has 0 amide bonds. The Morgan fingerprint density at radius 1 is 0.573 bits per heavy atom. The summed E-state index contributed by atoms with van der Waals surface area (Å²) in [6.07, 6.45) is 3.70. The zero-order valence-corrected chi connectivity index (χ0v) is 50.0. The van der Waals surface area contributed by atoms with Gasteiger partial charge in [0.25, 0.3) is 0 Å². The van der Waals surface area contributed by atoms with Crippen LogP contribution in [0, 0.1) is 11.8 Å². The summed E-state index contributed by atoms with van der Waals surface area (Å²) in [7, 11) is 2.78. The van der Waals surface area contributed by atoms with Crippen molar-refractivity contribution < 1.29 is 61.3 Å². The van der Waals surface area contributed by atoms with E-state index in [-0.39, 0.29) is 49.3 Å². The van der Waals surface area contributed by atoms with E-state index in [0.717, 1.165) is 48.7 Å². The summed E-state index contributed by atoms with van der Waals surface area (Å²) in [4.78, 5) is 0. The normalized spacial score (nSPS) is 20.4. The minimum Gasteiger partial charge on any atom is -0.492 e. The molecule has 1 unspecified atom stereocenters. The quantitative estimate of drug-likeness (QED) is 0.0328. The molecule has 4 aromatic carbocycles. The number of fused-ring (bicyclic) bond motifs is 2. The Morgan fingerprint density at radius 2 is 1.03 bits per heavy atom. The van der Waals surface area contributed by atoms with Crippen molar-refractivity contribution in [2.24, 2.45) is 0 Å². The molecule has 13 nitrogen and oxygen atoms in total. The van der Waals surface area contributed by atoms with Gasteiger partial charge in [-0.1, -0.05) is 97.1 Å². The van der Waals surface area contributed by atoms with E-state index in [0.29, 0.717) is 48.4 Å². The fourth-order valence-electron chi connectivity index (χ4n) is 8.70. The van der Waals surface area contributed by atoms with Crippen molar-refractivity contribution in [3.63, 3.8) is 0 Å². The van der Waals surface area contributed by atoms with Crippen molar-refractivity contribution in [1.29, 1.82) is 0 Å². The second-order valence-corrected chi connectivity index (χ2v) is 32.6. The highest BCUT2D eigenvalue weighted by Gasteiger charge is 2.54. The van der Waals surface area contributed by atoms with Crippen LogP contribution < -0.4 is 28.4 Å². The van der Waals surface area contributed by atoms with Gasteiger partial charge in [-0.15, -0.1) is 0 Å². The van der Waals surface area contributed by atoms with Crippen molar-refractivity contribution >= 4 is 16.6 Å². The molecule has 0 spiro atoms. The maximum Gasteiger partial charge on any atom is 0.192 e. The Morgan fingerprint density at radius 3 is 1.55 bits per heavy atom. The number of ether oxygens (including phenoxy) is 10. The summed E-state index contributed by atoms with van der Waals surface area (Å²) in [5.41, 5.74) is 1.38. The van der Waals surface area contributed by atoms with Crippen LogP contribution in [0.1, 0.15) is 109 Å². The molecule has 4 aromatic rings. The van der Waals surface area contributed by atoms with Gasteiger partial charge in [0.2, 0.25) is 0 Å². The fourth-order valence-corrected chi connectivity index (χ4v) is 10.8. The van der Waals surface area contributed by atoms with Gasteiger partial charge in [-0.25, -0.2) is 0 Å². The number of aliphatic hydroxyl groups is 1. The molecule has 2 aliphatic heterocycles. The van der Waals surface area contributed by atoms with Gasteiger partial charge in [-0.2, -0.15) is 0 Å². The first-order valence-electron chi connectivity index (χ1n) is 26.1. The molecule has 6 rings (SSSR count). The van der Waals surface area contributed by atoms with Gasteiger partial charge in [0.05, 0.1) is 12.0 Å². The SMILES string of the molecule is COCOc1ccc([C@@]2(C)COc3cc(OCOC)ccc3C2(O)C#CCCO[Si](C)(C)C(C)(C)C)cc1.COCOc1ccc([C@@]2(C)COc3cc(OCOC)ccc3[C@H]2CCCCO[Si](C)(C)C(C)(C)C)cc1. The van der Waals surface area contributed by atoms with E-state index in [1.54, 1.807) is 40.6 Å². The average molecular weight is 1070 g/mol. The van der Waals surface area contributed by atoms with Gasteiger partial charge < -0.3 is 61.3 Å². The van der Waals surface area contributed by atoms with E-state index in [2.05, 4.69) is 105 Å². The van der Waals surface area contributed by atoms with Crippen molar-refractivity contribution in [3.05, 3.63) is 107 Å². The topological polar surface area (TPSA) is 131 Å². The lowest BCUT2D eigenvalue weighted by Gasteiger charge is -2.46. The number of hydrogen-bond acceptors (Lipinski definition) is 13. The van der Waals surface area contributed by atoms with Crippen molar-refractivity contribution in [1.82, 2.24) is 0 Å². The molecule has 75 heavy (non-hydrogen) atoms. The lowest BCUT2D eigenvalue weighted by molar-refractivity contribution is -0.0274. The van der Waals surface area contributed by atoms with E-state index < -0.39 is 27.7 Å². The van der Waals surface area contributed by atoms with Crippen LogP contribution in [0.25, 0.3) is 0 Å². The first kappa shape index (κ1) is 61.2. The van der Waals surface area contributed by atoms with E-state index in [1.165, 1.54) is 11.1 Å². The molecule has 2 aliphatic rings. The van der Waals surface area contributed by atoms with Crippen LogP contribution >= 0.6 is 0 Å². The highest BCUT2D eigenvalue weighted by molar-refractivity contribution is 6.74. The predicted molar refractivity (Wildman–Crippen MR) is 301 cm³/mol. The molecule has 4 atom stereocenters. The van der Waals surface area contributed by atoms with E-state index in [9.17, 15) is 5.11 Å². The standard InChI is InChI=1S/C30H42O7Si.C30H46O6Si/c1-28(2,3)38(7,8)37-18-10-9-17-30(31)26-16-15-25(36-22-33-6)19-27(26)34-20-29(30,4)23-11-13-24(14-12-23)35-21-32-5;1-29(2,3)37(7,8)36-18-10-9-11-27-26-17-16-25(35-22-32-6)19-28(26)33-20-30(27,4)23-12-14-24(15-13-23)34-21-31-5/h11-16,19,31H,10,18,20-22H2,1-8H3;12-17,19,27H,9-11,18,20-22H2,1-8H3/t29-,30?;27-,30-/m11/s1. The second kappa shape index (κ2) is 26.6. The number of unbranched alkanes of at least 4 members (excludes halogenated alkanes) is 1. The minimum absolute atomic E-state index is 0.117. The third-order valence-electron chi connectivity index (χ3n) is 15.6. The first-order valence-corrected chi connectivity index (χ1v) is 31.9. The highest BCUT2D eigenvalue weighted by Crippen LogP contribution is 2.52. The maximum absolute atomic E-state index is 12.4. The Balaban J connectivity index is 0.000000277. The Labute approximate surface area is 451 Å². The minimum atomic E-state index is -1.88. The number of hydrogen-bond donors (Lipinski definition) is 1. The van der Waals surface area contributed by atoms with Crippen molar-refractivity contribution in [3.8, 4) is 46.3 Å². The number of benzene rings is 4. The summed E-state index contributed by atoms with van der Waals surface area (Å²) < 4.78 is 67.8. The fraction of sp³-hybridized carbons (Fsp3) is 0.567. The van der Waals surface area contributed by atoms with Crippen LogP contribution in [0.3, 0.4) is 0 Å². The molecular formula is C60H88O13Si2. The molecule has 0 aromatic heterocycles. The third-order valence-corrected chi connectivity index (χ3v) is 24.7. The summed E-state index contributed by atoms with van der Waals surface area (Å²) in [5.74, 6) is 11.0. The lowest BCUT2D eigenvalue weighted by Crippen LogP contribution is -2.53. The zero-order valence-electron chi connectivity index (χ0n) is 48.0. The zero-order chi connectivity index (χ0) is 55.1. The van der Waals surface area contributed by atoms with Crippen LogP contribution in [0.15, 0.2) is 84.9 Å². The Kier molecular flexibility index (Phi) is 21.8. The van der Waals surface area contributed by atoms with Gasteiger partial charge in [-0.05, 0) is 115 Å². The van der Waals surface area contributed by atoms with Crippen LogP contribution in [0.5, 0.6) is 34.5 Å².